The lowest BCUT2D eigenvalue weighted by molar-refractivity contribution is 0.130. The van der Waals surface area contributed by atoms with E-state index in [1.807, 2.05) is 42.5 Å². The number of hydrogen-bond donors (Lipinski definition) is 2. The van der Waals surface area contributed by atoms with Gasteiger partial charge in [0, 0.05) is 34.3 Å². The Bertz CT molecular complexity index is 1400. The lowest BCUT2D eigenvalue weighted by Gasteiger charge is -2.24. The van der Waals surface area contributed by atoms with E-state index in [9.17, 15) is 4.39 Å². The number of ether oxygens (including phenoxy) is 2. The van der Waals surface area contributed by atoms with Gasteiger partial charge in [0.15, 0.2) is 0 Å². The number of aliphatic hydroxyl groups excluding tert-OH is 1. The molecule has 0 amide bonds. The number of nitrogens with two attached hydrogens (primary N) is 1. The van der Waals surface area contributed by atoms with Crippen LogP contribution in [-0.2, 0) is 6.54 Å². The third-order valence-electron chi connectivity index (χ3n) is 8.46. The maximum Gasteiger partial charge on any atom is 0.140 e. The van der Waals surface area contributed by atoms with Crippen LogP contribution >= 0.6 is 0 Å². The minimum absolute atomic E-state index is 0. The van der Waals surface area contributed by atoms with Gasteiger partial charge in [-0.1, -0.05) is 74.6 Å². The molecule has 3 N–H and O–H groups in total. The van der Waals surface area contributed by atoms with Gasteiger partial charge in [-0.3, -0.25) is 0 Å². The van der Waals surface area contributed by atoms with E-state index >= 15 is 0 Å². The second kappa shape index (κ2) is 21.8. The molecule has 3 aliphatic rings. The minimum atomic E-state index is -0.458. The predicted molar refractivity (Wildman–Crippen MR) is 198 cm³/mol. The van der Waals surface area contributed by atoms with E-state index in [1.54, 1.807) is 24.3 Å². The van der Waals surface area contributed by atoms with Crippen LogP contribution in [0.1, 0.15) is 135 Å². The van der Waals surface area contributed by atoms with Crippen LogP contribution in [0.3, 0.4) is 0 Å². The van der Waals surface area contributed by atoms with Crippen molar-refractivity contribution in [3.63, 3.8) is 0 Å². The second-order valence-electron chi connectivity index (χ2n) is 12.1. The normalized spacial score (nSPS) is 18.0. The first-order valence-corrected chi connectivity index (χ1v) is 17.0. The van der Waals surface area contributed by atoms with Crippen LogP contribution in [0.15, 0.2) is 72.8 Å². The third-order valence-corrected chi connectivity index (χ3v) is 8.46. The number of nitriles is 2. The fourth-order valence-corrected chi connectivity index (χ4v) is 5.81. The molecule has 0 radical (unpaired) electrons. The zero-order valence-corrected chi connectivity index (χ0v) is 27.1. The van der Waals surface area contributed by atoms with Crippen LogP contribution in [-0.4, -0.2) is 23.4 Å². The highest BCUT2D eigenvalue weighted by molar-refractivity contribution is 5.42. The van der Waals surface area contributed by atoms with E-state index in [2.05, 4.69) is 6.07 Å². The number of hydrogen-bond acceptors (Lipinski definition) is 6. The summed E-state index contributed by atoms with van der Waals surface area (Å²) in [7, 11) is 0. The average molecular weight is 659 g/mol. The molecule has 0 atom stereocenters. The molecule has 46 heavy (non-hydrogen) atoms. The van der Waals surface area contributed by atoms with Gasteiger partial charge < -0.3 is 20.3 Å². The molecule has 262 valence electrons. The van der Waals surface area contributed by atoms with Crippen molar-refractivity contribution in [1.29, 1.82) is 10.5 Å². The number of aliphatic hydroxyl groups is 1. The molecule has 0 spiro atoms. The van der Waals surface area contributed by atoms with E-state index in [0.29, 0.717) is 24.3 Å². The molecule has 7 heteroatoms. The number of benzene rings is 3. The Labute approximate surface area is 298 Å². The van der Waals surface area contributed by atoms with Crippen LogP contribution in [0.2, 0.25) is 0 Å². The third kappa shape index (κ3) is 13.6. The average Bonchev–Trinajstić information content (AvgIpc) is 3.35. The topological polar surface area (TPSA) is 112 Å². The zero-order chi connectivity index (χ0) is 46.8. The molecule has 0 bridgehead atoms. The van der Waals surface area contributed by atoms with Gasteiger partial charge in [-0.15, -0.1) is 0 Å². The molecular weight excluding hydrogens is 577 g/mol. The monoisotopic (exact) mass is 659 g/mol. The molecule has 0 heterocycles. The van der Waals surface area contributed by atoms with Gasteiger partial charge >= 0.3 is 0 Å². The molecule has 3 aromatic rings. The summed E-state index contributed by atoms with van der Waals surface area (Å²) in [5, 5.41) is 26.1. The maximum atomic E-state index is 12.4. The van der Waals surface area contributed by atoms with Crippen molar-refractivity contribution in [3.05, 3.63) is 95.3 Å². The molecular formula is C39H66FN3O3. The van der Waals surface area contributed by atoms with Crippen LogP contribution in [0.25, 0.3) is 0 Å². The van der Waals surface area contributed by atoms with Crippen LogP contribution in [0.4, 0.5) is 4.39 Å². The summed E-state index contributed by atoms with van der Waals surface area (Å²) in [6.45, 7) is 0.558. The Hall–Kier alpha value is -3.91. The minimum Gasteiger partial charge on any atom is -0.490 e. The molecule has 0 aliphatic heterocycles. The van der Waals surface area contributed by atoms with Crippen molar-refractivity contribution in [2.24, 2.45) is 5.73 Å². The molecule has 0 aromatic heterocycles. The van der Waals surface area contributed by atoms with E-state index in [0.717, 1.165) is 42.7 Å². The quantitative estimate of drug-likeness (QED) is 0.282. The van der Waals surface area contributed by atoms with Gasteiger partial charge in [0.1, 0.15) is 29.5 Å². The molecule has 3 fully saturated rings. The van der Waals surface area contributed by atoms with Crippen molar-refractivity contribution >= 4 is 0 Å². The lowest BCUT2D eigenvalue weighted by atomic mass is 9.97. The van der Waals surface area contributed by atoms with Crippen LogP contribution in [0.5, 0.6) is 11.5 Å². The summed E-state index contributed by atoms with van der Waals surface area (Å²) >= 11 is 0. The smallest absolute Gasteiger partial charge is 0.140 e. The maximum absolute atomic E-state index is 12.4. The molecule has 0 unspecified atom stereocenters. The van der Waals surface area contributed by atoms with Crippen molar-refractivity contribution in [3.8, 4) is 23.6 Å². The molecule has 3 saturated carbocycles. The molecule has 3 aromatic carbocycles. The van der Waals surface area contributed by atoms with Gasteiger partial charge in [-0.25, -0.2) is 4.39 Å². The summed E-state index contributed by atoms with van der Waals surface area (Å²) in [6, 6.07) is 25.3. The molecule has 6 nitrogen and oxygen atoms in total. The highest BCUT2D eigenvalue weighted by Gasteiger charge is 2.17. The van der Waals surface area contributed by atoms with E-state index in [4.69, 9.17) is 51.6 Å². The van der Waals surface area contributed by atoms with E-state index < -0.39 is 5.82 Å². The Morgan fingerprint density at radius 2 is 1.09 bits per heavy atom. The Balaban J connectivity index is -0.000000154. The fourth-order valence-electron chi connectivity index (χ4n) is 5.81. The van der Waals surface area contributed by atoms with Gasteiger partial charge in [0.05, 0.1) is 29.4 Å². The summed E-state index contributed by atoms with van der Waals surface area (Å²) < 4.78 is 94.2. The summed E-state index contributed by atoms with van der Waals surface area (Å²) in [6.07, 6.45) is 19.1. The fraction of sp³-hybridized carbons (Fsp3) is 0.487. The first-order chi connectivity index (χ1) is 29.5. The van der Waals surface area contributed by atoms with Crippen molar-refractivity contribution in [2.75, 3.05) is 0 Å². The zero-order valence-electron chi connectivity index (χ0n) is 41.1. The number of nitrogens with zero attached hydrogens (tertiary/aromatic N) is 2. The van der Waals surface area contributed by atoms with Crippen LogP contribution in [0, 0.1) is 28.5 Å². The van der Waals surface area contributed by atoms with Gasteiger partial charge in [-0.2, -0.15) is 10.5 Å². The lowest BCUT2D eigenvalue weighted by Crippen LogP contribution is -2.20. The summed E-state index contributed by atoms with van der Waals surface area (Å²) in [5.74, 6) is 1.26. The van der Waals surface area contributed by atoms with Crippen molar-refractivity contribution in [1.82, 2.24) is 0 Å². The number of halogens is 1. The Kier molecular flexibility index (Phi) is 12.9. The van der Waals surface area contributed by atoms with Crippen molar-refractivity contribution in [2.45, 2.75) is 121 Å². The first-order valence-electron chi connectivity index (χ1n) is 24.0. The van der Waals surface area contributed by atoms with Crippen molar-refractivity contribution < 1.29 is 41.2 Å². The summed E-state index contributed by atoms with van der Waals surface area (Å²) in [4.78, 5) is 0. The van der Waals surface area contributed by atoms with Gasteiger partial charge in [0.2, 0.25) is 0 Å². The van der Waals surface area contributed by atoms with E-state index in [1.165, 1.54) is 82.8 Å². The largest absolute Gasteiger partial charge is 0.490 e. The van der Waals surface area contributed by atoms with Gasteiger partial charge in [-0.05, 0) is 94.5 Å². The Morgan fingerprint density at radius 3 is 1.54 bits per heavy atom. The standard InChI is InChI=1S/C13H19NO.C13H15NO.C7H4FN.C6H12O.8H2/c2*14-10-11-6-4-5-9-13(11)15-12-7-2-1-3-8-12;8-7-4-2-1-3-6(7)5-9;7-6-4-2-1-3-5-6;;;;;;;;/h4-6,9,12H,1-3,7-8,10,14H2;4-6,9,12H,1-3,7-8H2;1-4H;6-7H,1-5H2;8*1H/i;;;;7*1+1D;1+1. The highest BCUT2D eigenvalue weighted by Crippen LogP contribution is 2.26. The predicted octanol–water partition coefficient (Wildman–Crippen LogP) is 11.1. The molecule has 3 aliphatic carbocycles. The van der Waals surface area contributed by atoms with Gasteiger partial charge in [0.25, 0.3) is 0 Å². The summed E-state index contributed by atoms with van der Waals surface area (Å²) in [5.41, 5.74) is 7.53. The Morgan fingerprint density at radius 1 is 0.652 bits per heavy atom. The SMILES string of the molecule is N#Cc1ccccc1F.N#Cc1ccccc1OC1CCCCC1.NCc1ccccc1OC1CCCCC1.OC1CCCCC1.[2HH].[2H][2H].[2H][2H].[2H][2H].[2H][2H].[2H][2H].[2H][2H].[2H][2H]. The number of rotatable bonds is 5. The molecule has 6 rings (SSSR count). The first kappa shape index (κ1) is 27.2. The number of para-hydroxylation sites is 2. The van der Waals surface area contributed by atoms with E-state index in [-0.39, 0.29) is 13.1 Å². The second-order valence-corrected chi connectivity index (χ2v) is 12.1. The molecule has 0 saturated heterocycles. The van der Waals surface area contributed by atoms with Crippen LogP contribution < -0.4 is 15.2 Å². The highest BCUT2D eigenvalue weighted by atomic mass is 19.1.